The van der Waals surface area contributed by atoms with Gasteiger partial charge in [-0.25, -0.2) is 0 Å². The highest BCUT2D eigenvalue weighted by Crippen LogP contribution is 2.67. The second kappa shape index (κ2) is 23.9. The molecule has 0 bridgehead atoms. The Hall–Kier alpha value is -14.2. The van der Waals surface area contributed by atoms with Crippen molar-refractivity contribution in [3.05, 3.63) is 473 Å². The summed E-state index contributed by atoms with van der Waals surface area (Å²) in [6.07, 6.45) is 0. The van der Waals surface area contributed by atoms with Gasteiger partial charge in [0.2, 0.25) is 0 Å². The lowest BCUT2D eigenvalue weighted by atomic mass is 9.70. The number of hydrogen-bond acceptors (Lipinski definition) is 2. The maximum atomic E-state index is 6.09. The molecule has 528 valence electrons. The summed E-state index contributed by atoms with van der Waals surface area (Å²) < 4.78 is 11.2. The molecule has 114 heavy (non-hydrogen) atoms. The molecule has 6 aliphatic rings. The average molecular weight is 1460 g/mol. The molecule has 0 atom stereocenters. The van der Waals surface area contributed by atoms with Gasteiger partial charge in [-0.15, -0.1) is 11.3 Å². The summed E-state index contributed by atoms with van der Waals surface area (Å²) in [5, 5.41) is 7.60. The quantitative estimate of drug-likeness (QED) is 0.172. The molecule has 0 N–H and O–H groups in total. The molecule has 0 radical (unpaired) electrons. The highest BCUT2D eigenvalue weighted by Gasteiger charge is 2.55. The Morgan fingerprint density at radius 1 is 0.184 bits per heavy atom. The van der Waals surface area contributed by atoms with Gasteiger partial charge in [-0.3, -0.25) is 0 Å². The minimum Gasteiger partial charge on any atom is -0.456 e. The third kappa shape index (κ3) is 8.42. The smallest absolute Gasteiger partial charge is 0.135 e. The van der Waals surface area contributed by atoms with Crippen molar-refractivity contribution in [2.24, 2.45) is 0 Å². The van der Waals surface area contributed by atoms with Crippen LogP contribution in [0.4, 0.5) is 0 Å². The van der Waals surface area contributed by atoms with Crippen molar-refractivity contribution < 1.29 is 4.42 Å². The number of rotatable bonds is 3. The van der Waals surface area contributed by atoms with Gasteiger partial charge in [-0.05, 0) is 229 Å². The minimum atomic E-state index is -0.293. The monoisotopic (exact) mass is 1460 g/mol. The van der Waals surface area contributed by atoms with Crippen molar-refractivity contribution in [3.63, 3.8) is 0 Å². The lowest BCUT2D eigenvalue weighted by Crippen LogP contribution is -2.25. The van der Waals surface area contributed by atoms with Gasteiger partial charge in [0.1, 0.15) is 11.2 Å². The zero-order valence-corrected chi connectivity index (χ0v) is 62.8. The summed E-state index contributed by atoms with van der Waals surface area (Å²) in [5.41, 5.74) is 42.3. The molecule has 0 unspecified atom stereocenters. The van der Waals surface area contributed by atoms with Gasteiger partial charge in [-0.1, -0.05) is 334 Å². The van der Waals surface area contributed by atoms with Crippen LogP contribution in [0.2, 0.25) is 0 Å². The summed E-state index contributed by atoms with van der Waals surface area (Å²) in [5.74, 6) is 0. The van der Waals surface area contributed by atoms with Crippen molar-refractivity contribution in [3.8, 4) is 94.7 Å². The average Bonchev–Trinajstić information content (AvgIpc) is 1.52. The van der Waals surface area contributed by atoms with Crippen LogP contribution in [0.5, 0.6) is 0 Å². The van der Waals surface area contributed by atoms with Crippen LogP contribution in [0.1, 0.15) is 66.8 Å². The molecule has 18 aromatic carbocycles. The van der Waals surface area contributed by atoms with Gasteiger partial charge in [-0.2, -0.15) is 0 Å². The van der Waals surface area contributed by atoms with Gasteiger partial charge in [0.25, 0.3) is 0 Å². The molecule has 0 saturated heterocycles. The first-order valence-corrected chi connectivity index (χ1v) is 40.5. The van der Waals surface area contributed by atoms with Crippen LogP contribution in [-0.2, 0) is 16.2 Å². The molecule has 6 aliphatic carbocycles. The van der Waals surface area contributed by atoms with E-state index in [2.05, 4.69) is 399 Å². The molecule has 0 fully saturated rings. The van der Waals surface area contributed by atoms with E-state index in [1.54, 1.807) is 0 Å². The van der Waals surface area contributed by atoms with Gasteiger partial charge in [0.15, 0.2) is 0 Å². The van der Waals surface area contributed by atoms with Crippen LogP contribution in [0, 0.1) is 0 Å². The Morgan fingerprint density at radius 2 is 0.465 bits per heavy atom. The molecule has 21 aromatic rings. The predicted octanol–water partition coefficient (Wildman–Crippen LogP) is 28.8. The van der Waals surface area contributed by atoms with E-state index in [0.29, 0.717) is 0 Å². The van der Waals surface area contributed by atoms with E-state index in [-0.39, 0.29) is 16.2 Å². The molecule has 3 heteroatoms. The summed E-state index contributed by atoms with van der Waals surface area (Å²) >= 11 is 1.88. The first-order chi connectivity index (χ1) is 56.5. The van der Waals surface area contributed by atoms with Gasteiger partial charge in [0.05, 0.1) is 27.3 Å². The summed E-state index contributed by atoms with van der Waals surface area (Å²) in [4.78, 5) is 0. The van der Waals surface area contributed by atoms with Gasteiger partial charge >= 0.3 is 0 Å². The number of fused-ring (bicyclic) bond motifs is 39. The van der Waals surface area contributed by atoms with Crippen molar-refractivity contribution >= 4 is 75.3 Å². The van der Waals surface area contributed by atoms with Crippen molar-refractivity contribution in [1.82, 2.24) is 4.57 Å². The maximum Gasteiger partial charge on any atom is 0.135 e. The largest absolute Gasteiger partial charge is 0.456 e. The number of nitrogens with zero attached hydrogens (tertiary/aromatic N) is 1. The molecule has 2 nitrogen and oxygen atoms in total. The van der Waals surface area contributed by atoms with Crippen LogP contribution in [-0.4, -0.2) is 4.57 Å². The second-order valence-corrected chi connectivity index (χ2v) is 32.5. The van der Waals surface area contributed by atoms with Crippen molar-refractivity contribution in [2.75, 3.05) is 0 Å². The Labute approximate surface area is 663 Å². The molecule has 3 aromatic heterocycles. The number of para-hydroxylation sites is 3. The van der Waals surface area contributed by atoms with Crippen LogP contribution in [0.15, 0.2) is 411 Å². The third-order valence-electron chi connectivity index (χ3n) is 26.2. The molecule has 0 amide bonds. The Balaban J connectivity index is 0.0000000964. The highest BCUT2D eigenvalue weighted by atomic mass is 32.1. The first kappa shape index (κ1) is 63.5. The lowest BCUT2D eigenvalue weighted by Gasteiger charge is -2.30. The second-order valence-electron chi connectivity index (χ2n) is 31.4. The van der Waals surface area contributed by atoms with E-state index < -0.39 is 0 Å². The maximum absolute atomic E-state index is 6.09. The summed E-state index contributed by atoms with van der Waals surface area (Å²) in [6.45, 7) is 0. The standard InChI is InChI=1S/C37H23N.C37H22O.C37H22S/c1-6-16-31-25(11-1)26-12-2-7-17-32(26)37(31)33-18-8-3-13-27(33)30-23-24(21-22-34(30)37)38-35-19-9-4-14-28(35)29-15-5-10-20-36(29)38;2*1-5-13-31-25(9-1)26-10-2-6-14-32(26)37(31)33-15-7-3-11-27(33)29-21-23(17-19-34(29)37)24-18-20-36-30(22-24)28-12-4-8-16-35(28)38-36/h1-23H;2*1-22H. The molecule has 0 saturated carbocycles. The Morgan fingerprint density at radius 3 is 0.895 bits per heavy atom. The molecule has 3 spiro atoms. The zero-order valence-electron chi connectivity index (χ0n) is 61.9. The van der Waals surface area contributed by atoms with E-state index in [1.807, 2.05) is 23.5 Å². The molecule has 27 rings (SSSR count). The number of aromatic nitrogens is 1. The van der Waals surface area contributed by atoms with Crippen molar-refractivity contribution in [1.29, 1.82) is 0 Å². The Bertz CT molecular complexity index is 7230. The number of hydrogen-bond donors (Lipinski definition) is 0. The highest BCUT2D eigenvalue weighted by molar-refractivity contribution is 7.25. The number of thiophene rings is 1. The fraction of sp³-hybridized carbons (Fsp3) is 0.0270. The zero-order chi connectivity index (χ0) is 74.5. The third-order valence-corrected chi connectivity index (χ3v) is 27.4. The van der Waals surface area contributed by atoms with Gasteiger partial charge in [0, 0.05) is 47.4 Å². The molecule has 3 heterocycles. The topological polar surface area (TPSA) is 18.1 Å². The minimum absolute atomic E-state index is 0.273. The van der Waals surface area contributed by atoms with E-state index in [1.165, 1.54) is 203 Å². The van der Waals surface area contributed by atoms with Crippen LogP contribution in [0.3, 0.4) is 0 Å². The van der Waals surface area contributed by atoms with Crippen LogP contribution in [0.25, 0.3) is 159 Å². The summed E-state index contributed by atoms with van der Waals surface area (Å²) in [7, 11) is 0. The van der Waals surface area contributed by atoms with E-state index in [4.69, 9.17) is 4.42 Å². The van der Waals surface area contributed by atoms with E-state index >= 15 is 0 Å². The van der Waals surface area contributed by atoms with E-state index in [0.717, 1.165) is 21.9 Å². The summed E-state index contributed by atoms with van der Waals surface area (Å²) in [6, 6.07) is 150. The Kier molecular flexibility index (Phi) is 13.3. The SMILES string of the molecule is c1ccc2c(c1)-c1ccccc1C21c2ccccc2-c2cc(-c3ccc4oc5ccccc5c4c3)ccc21.c1ccc2c(c1)-c1ccccc1C21c2ccccc2-c2cc(-c3ccc4sc5ccccc5c4c3)ccc21.c1ccc2c(c1)-c1ccccc1C21c2ccccc2-c2cc(-n3c4ccccc4c4ccccc43)ccc21. The fourth-order valence-electron chi connectivity index (χ4n) is 21.8. The number of furan rings is 1. The van der Waals surface area contributed by atoms with Crippen molar-refractivity contribution in [2.45, 2.75) is 16.2 Å². The normalized spacial score (nSPS) is 14.0. The molecular weight excluding hydrogens is 1400 g/mol. The number of benzene rings is 18. The first-order valence-electron chi connectivity index (χ1n) is 39.7. The van der Waals surface area contributed by atoms with Crippen LogP contribution < -0.4 is 0 Å². The van der Waals surface area contributed by atoms with Crippen LogP contribution >= 0.6 is 11.3 Å². The molecular formula is C111H67NOS. The van der Waals surface area contributed by atoms with Gasteiger partial charge < -0.3 is 8.98 Å². The lowest BCUT2D eigenvalue weighted by molar-refractivity contribution is 0.669. The van der Waals surface area contributed by atoms with E-state index in [9.17, 15) is 0 Å². The fourth-order valence-corrected chi connectivity index (χ4v) is 22.9. The predicted molar refractivity (Wildman–Crippen MR) is 474 cm³/mol. The molecule has 0 aliphatic heterocycles.